The second-order valence-electron chi connectivity index (χ2n) is 0.855. The number of rotatable bonds is 3. The predicted octanol–water partition coefficient (Wildman–Crippen LogP) is 0.913. The first-order chi connectivity index (χ1) is 3.27. The van der Waals surface area contributed by atoms with Gasteiger partial charge in [-0.1, -0.05) is 11.6 Å². The van der Waals surface area contributed by atoms with E-state index in [4.69, 9.17) is 16.7 Å². The van der Waals surface area contributed by atoms with Crippen LogP contribution < -0.4 is 0 Å². The second-order valence-corrected chi connectivity index (χ2v) is 2.61. The molecule has 0 bridgehead atoms. The molecule has 0 aromatic heterocycles. The van der Waals surface area contributed by atoms with Crippen LogP contribution in [0.2, 0.25) is 0 Å². The summed E-state index contributed by atoms with van der Waals surface area (Å²) in [6.45, 7) is 0.286. The number of alkyl halides is 2. The molecule has 0 aliphatic rings. The van der Waals surface area contributed by atoms with Gasteiger partial charge in [-0.2, -0.15) is 0 Å². The van der Waals surface area contributed by atoms with E-state index < -0.39 is 4.47 Å². The summed E-state index contributed by atoms with van der Waals surface area (Å²) in [5, 5.41) is 8.11. The summed E-state index contributed by atoms with van der Waals surface area (Å²) >= 11 is 8.15. The Morgan fingerprint density at radius 3 is 2.57 bits per heavy atom. The number of aliphatic hydroxyl groups is 1. The molecule has 1 N–H and O–H groups in total. The highest BCUT2D eigenvalue weighted by Crippen LogP contribution is 2.04. The van der Waals surface area contributed by atoms with Crippen molar-refractivity contribution in [2.75, 3.05) is 13.2 Å². The van der Waals surface area contributed by atoms with Crippen LogP contribution in [0, 0.1) is 0 Å². The third-order valence-electron chi connectivity index (χ3n) is 0.335. The van der Waals surface area contributed by atoms with Crippen LogP contribution in [-0.4, -0.2) is 22.8 Å². The van der Waals surface area contributed by atoms with E-state index in [1.807, 2.05) is 0 Å². The Balaban J connectivity index is 2.68. The normalized spacial score (nSPS) is 14.1. The quantitative estimate of drug-likeness (QED) is 0.669. The molecule has 0 aliphatic carbocycles. The third-order valence-corrected chi connectivity index (χ3v) is 0.725. The van der Waals surface area contributed by atoms with E-state index in [2.05, 4.69) is 20.7 Å². The molecule has 0 spiro atoms. The molecule has 7 heavy (non-hydrogen) atoms. The van der Waals surface area contributed by atoms with Gasteiger partial charge >= 0.3 is 0 Å². The van der Waals surface area contributed by atoms with E-state index in [0.29, 0.717) is 0 Å². The van der Waals surface area contributed by atoms with Crippen LogP contribution in [0.25, 0.3) is 0 Å². The summed E-state index contributed by atoms with van der Waals surface area (Å²) in [4.78, 5) is 0. The summed E-state index contributed by atoms with van der Waals surface area (Å²) < 4.78 is 4.15. The number of aliphatic hydroxyl groups excluding tert-OH is 1. The summed E-state index contributed by atoms with van der Waals surface area (Å²) in [5.74, 6) is 0. The summed E-state index contributed by atoms with van der Waals surface area (Å²) in [6.07, 6.45) is 0. The van der Waals surface area contributed by atoms with E-state index in [1.165, 1.54) is 0 Å². The average Bonchev–Trinajstić information content (AvgIpc) is 1.61. The Labute approximate surface area is 55.5 Å². The first-order valence-electron chi connectivity index (χ1n) is 1.78. The van der Waals surface area contributed by atoms with Crippen molar-refractivity contribution in [3.8, 4) is 0 Å². The lowest BCUT2D eigenvalue weighted by atomic mass is 10.8. The van der Waals surface area contributed by atoms with Crippen molar-refractivity contribution >= 4 is 27.5 Å². The lowest BCUT2D eigenvalue weighted by Crippen LogP contribution is -2.01. The highest BCUT2D eigenvalue weighted by Gasteiger charge is 1.92. The van der Waals surface area contributed by atoms with Crippen molar-refractivity contribution in [3.63, 3.8) is 0 Å². The van der Waals surface area contributed by atoms with Gasteiger partial charge in [0, 0.05) is 0 Å². The average molecular weight is 189 g/mol. The van der Waals surface area contributed by atoms with Gasteiger partial charge in [-0.15, -0.1) is 0 Å². The van der Waals surface area contributed by atoms with Crippen LogP contribution in [0.1, 0.15) is 0 Å². The molecule has 0 radical (unpaired) electrons. The zero-order chi connectivity index (χ0) is 5.70. The van der Waals surface area contributed by atoms with Crippen LogP contribution in [-0.2, 0) is 4.74 Å². The summed E-state index contributed by atoms with van der Waals surface area (Å²) in [7, 11) is 0. The maximum absolute atomic E-state index is 8.11. The Hall–Kier alpha value is 0.690. The standard InChI is InChI=1S/C3H6BrClO2/c4-3(5)7-2-1-6/h3,6H,1-2H2. The summed E-state index contributed by atoms with van der Waals surface area (Å²) in [5.41, 5.74) is 0. The van der Waals surface area contributed by atoms with Crippen LogP contribution in [0.15, 0.2) is 0 Å². The Kier molecular flexibility index (Phi) is 5.32. The molecule has 44 valence electrons. The van der Waals surface area contributed by atoms with Crippen molar-refractivity contribution < 1.29 is 9.84 Å². The minimum atomic E-state index is -0.473. The maximum atomic E-state index is 8.11. The molecule has 4 heteroatoms. The van der Waals surface area contributed by atoms with Gasteiger partial charge in [-0.05, 0) is 15.9 Å². The number of ether oxygens (including phenoxy) is 1. The van der Waals surface area contributed by atoms with Crippen molar-refractivity contribution in [3.05, 3.63) is 0 Å². The molecule has 0 saturated carbocycles. The number of hydrogen-bond acceptors (Lipinski definition) is 2. The lowest BCUT2D eigenvalue weighted by molar-refractivity contribution is 0.112. The smallest absolute Gasteiger partial charge is 0.186 e. The van der Waals surface area contributed by atoms with E-state index in [1.54, 1.807) is 0 Å². The lowest BCUT2D eigenvalue weighted by Gasteiger charge is -1.98. The van der Waals surface area contributed by atoms with Gasteiger partial charge in [0.25, 0.3) is 0 Å². The summed E-state index contributed by atoms with van der Waals surface area (Å²) in [6, 6.07) is 0. The van der Waals surface area contributed by atoms with E-state index >= 15 is 0 Å². The molecule has 0 amide bonds. The van der Waals surface area contributed by atoms with Crippen molar-refractivity contribution in [2.24, 2.45) is 0 Å². The zero-order valence-electron chi connectivity index (χ0n) is 3.60. The van der Waals surface area contributed by atoms with Crippen molar-refractivity contribution in [1.82, 2.24) is 0 Å². The fraction of sp³-hybridized carbons (Fsp3) is 1.00. The van der Waals surface area contributed by atoms with E-state index in [9.17, 15) is 0 Å². The molecular formula is C3H6BrClO2. The van der Waals surface area contributed by atoms with Crippen molar-refractivity contribution in [1.29, 1.82) is 0 Å². The molecule has 1 unspecified atom stereocenters. The van der Waals surface area contributed by atoms with Crippen LogP contribution in [0.4, 0.5) is 0 Å². The van der Waals surface area contributed by atoms with Gasteiger partial charge in [0.05, 0.1) is 13.2 Å². The highest BCUT2D eigenvalue weighted by molar-refractivity contribution is 9.10. The Morgan fingerprint density at radius 1 is 1.86 bits per heavy atom. The monoisotopic (exact) mass is 188 g/mol. The number of halogens is 2. The molecule has 0 fully saturated rings. The van der Waals surface area contributed by atoms with E-state index in [-0.39, 0.29) is 13.2 Å². The minimum Gasteiger partial charge on any atom is -0.394 e. The fourth-order valence-corrected chi connectivity index (χ4v) is 0.418. The van der Waals surface area contributed by atoms with Gasteiger partial charge in [-0.3, -0.25) is 0 Å². The van der Waals surface area contributed by atoms with Gasteiger partial charge < -0.3 is 9.84 Å². The maximum Gasteiger partial charge on any atom is 0.186 e. The molecule has 0 aliphatic heterocycles. The molecule has 0 rings (SSSR count). The molecule has 1 atom stereocenters. The van der Waals surface area contributed by atoms with Gasteiger partial charge in [0.1, 0.15) is 0 Å². The predicted molar refractivity (Wildman–Crippen MR) is 31.6 cm³/mol. The molecule has 2 nitrogen and oxygen atoms in total. The highest BCUT2D eigenvalue weighted by atomic mass is 79.9. The zero-order valence-corrected chi connectivity index (χ0v) is 5.94. The fourth-order valence-electron chi connectivity index (χ4n) is 0.142. The molecule has 0 aromatic carbocycles. The molecule has 0 saturated heterocycles. The minimum absolute atomic E-state index is 0.00875. The van der Waals surface area contributed by atoms with Gasteiger partial charge in [0.2, 0.25) is 0 Å². The van der Waals surface area contributed by atoms with Crippen LogP contribution >= 0.6 is 27.5 Å². The first-order valence-corrected chi connectivity index (χ1v) is 3.13. The second kappa shape index (κ2) is 4.84. The Morgan fingerprint density at radius 2 is 2.43 bits per heavy atom. The van der Waals surface area contributed by atoms with Gasteiger partial charge in [0.15, 0.2) is 4.47 Å². The van der Waals surface area contributed by atoms with Gasteiger partial charge in [-0.25, -0.2) is 0 Å². The van der Waals surface area contributed by atoms with Crippen LogP contribution in [0.3, 0.4) is 0 Å². The Bertz CT molecular complexity index is 41.9. The van der Waals surface area contributed by atoms with Crippen LogP contribution in [0.5, 0.6) is 0 Å². The molecule has 0 heterocycles. The topological polar surface area (TPSA) is 29.5 Å². The first kappa shape index (κ1) is 7.69. The molecular weight excluding hydrogens is 183 g/mol. The van der Waals surface area contributed by atoms with E-state index in [0.717, 1.165) is 0 Å². The van der Waals surface area contributed by atoms with Crippen molar-refractivity contribution in [2.45, 2.75) is 4.47 Å². The third kappa shape index (κ3) is 6.69. The SMILES string of the molecule is OCCOC(Cl)Br. The number of hydrogen-bond donors (Lipinski definition) is 1. The largest absolute Gasteiger partial charge is 0.394 e. The molecule has 0 aromatic rings.